The van der Waals surface area contributed by atoms with E-state index in [1.54, 1.807) is 0 Å². The fourth-order valence-electron chi connectivity index (χ4n) is 2.14. The molecule has 0 amide bonds. The zero-order valence-corrected chi connectivity index (χ0v) is 12.6. The van der Waals surface area contributed by atoms with Gasteiger partial charge in [0.25, 0.3) is 6.43 Å². The molecule has 0 saturated heterocycles. The minimum atomic E-state index is -4.66. The molecule has 0 radical (unpaired) electrons. The van der Waals surface area contributed by atoms with Gasteiger partial charge in [-0.3, -0.25) is 0 Å². The number of alkyl halides is 5. The summed E-state index contributed by atoms with van der Waals surface area (Å²) in [6.07, 6.45) is -6.50. The van der Waals surface area contributed by atoms with Crippen LogP contribution in [0.4, 0.5) is 22.0 Å². The van der Waals surface area contributed by atoms with Crippen molar-refractivity contribution in [2.45, 2.75) is 39.3 Å². The second kappa shape index (κ2) is 6.02. The first-order valence-electron chi connectivity index (χ1n) is 6.67. The Labute approximate surface area is 128 Å². The Hall–Kier alpha value is -1.37. The van der Waals surface area contributed by atoms with E-state index in [9.17, 15) is 22.0 Å². The highest BCUT2D eigenvalue weighted by Gasteiger charge is 2.35. The maximum atomic E-state index is 13.0. The molecule has 2 heterocycles. The van der Waals surface area contributed by atoms with E-state index in [0.29, 0.717) is 18.4 Å². The number of pyridine rings is 1. The first-order chi connectivity index (χ1) is 10.1. The summed E-state index contributed by atoms with van der Waals surface area (Å²) in [4.78, 5) is 0. The summed E-state index contributed by atoms with van der Waals surface area (Å²) in [6.45, 7) is 3.89. The van der Waals surface area contributed by atoms with Crippen molar-refractivity contribution in [2.24, 2.45) is 5.92 Å². The minimum absolute atomic E-state index is 0.113. The maximum Gasteiger partial charge on any atom is 0.435 e. The van der Waals surface area contributed by atoms with Gasteiger partial charge in [-0.25, -0.2) is 13.3 Å². The number of hydrogen-bond acceptors (Lipinski definition) is 1. The number of fused-ring (bicyclic) bond motifs is 1. The molecule has 2 aromatic heterocycles. The molecular weight excluding hydrogens is 327 g/mol. The van der Waals surface area contributed by atoms with Gasteiger partial charge in [0.05, 0.1) is 11.1 Å². The van der Waals surface area contributed by atoms with Crippen LogP contribution in [0.2, 0.25) is 5.15 Å². The van der Waals surface area contributed by atoms with E-state index < -0.39 is 29.0 Å². The van der Waals surface area contributed by atoms with Gasteiger partial charge >= 0.3 is 6.18 Å². The van der Waals surface area contributed by atoms with Crippen molar-refractivity contribution in [2.75, 3.05) is 0 Å². The van der Waals surface area contributed by atoms with Crippen LogP contribution in [0.25, 0.3) is 5.52 Å². The molecule has 0 aromatic carbocycles. The van der Waals surface area contributed by atoms with Gasteiger partial charge in [-0.1, -0.05) is 25.4 Å². The lowest BCUT2D eigenvalue weighted by molar-refractivity contribution is -0.141. The largest absolute Gasteiger partial charge is 0.435 e. The molecule has 0 saturated carbocycles. The average Bonchev–Trinajstić information content (AvgIpc) is 2.83. The Morgan fingerprint density at radius 3 is 2.36 bits per heavy atom. The number of nitrogens with zero attached hydrogens (tertiary/aromatic N) is 2. The molecule has 0 unspecified atom stereocenters. The quantitative estimate of drug-likeness (QED) is 0.528. The molecule has 8 heteroatoms. The fraction of sp³-hybridized carbons (Fsp3) is 0.500. The summed E-state index contributed by atoms with van der Waals surface area (Å²) in [6, 6.07) is 2.02. The first-order valence-corrected chi connectivity index (χ1v) is 7.05. The fourth-order valence-corrected chi connectivity index (χ4v) is 2.40. The SMILES string of the molecule is CC(C)CCc1cc(C(F)F)c(Cl)n2nc(C(F)(F)F)cc12. The summed E-state index contributed by atoms with van der Waals surface area (Å²) in [5.41, 5.74) is -1.16. The van der Waals surface area contributed by atoms with Crippen molar-refractivity contribution < 1.29 is 22.0 Å². The monoisotopic (exact) mass is 340 g/mol. The van der Waals surface area contributed by atoms with Crippen molar-refractivity contribution in [3.63, 3.8) is 0 Å². The Balaban J connectivity index is 2.65. The highest BCUT2D eigenvalue weighted by atomic mass is 35.5. The van der Waals surface area contributed by atoms with Crippen LogP contribution in [0.15, 0.2) is 12.1 Å². The summed E-state index contributed by atoms with van der Waals surface area (Å²) >= 11 is 5.79. The molecule has 0 N–H and O–H groups in total. The minimum Gasteiger partial charge on any atom is -0.221 e. The van der Waals surface area contributed by atoms with E-state index in [1.165, 1.54) is 6.07 Å². The van der Waals surface area contributed by atoms with Crippen molar-refractivity contribution >= 4 is 17.1 Å². The Kier molecular flexibility index (Phi) is 4.65. The summed E-state index contributed by atoms with van der Waals surface area (Å²) in [5.74, 6) is 0.288. The van der Waals surface area contributed by atoms with Crippen LogP contribution in [0.1, 0.15) is 43.5 Å². The lowest BCUT2D eigenvalue weighted by Gasteiger charge is -2.11. The topological polar surface area (TPSA) is 17.3 Å². The van der Waals surface area contributed by atoms with Gasteiger partial charge < -0.3 is 0 Å². The average molecular weight is 341 g/mol. The summed E-state index contributed by atoms with van der Waals surface area (Å²) in [7, 11) is 0. The molecule has 0 fully saturated rings. The van der Waals surface area contributed by atoms with E-state index in [4.69, 9.17) is 11.6 Å². The Morgan fingerprint density at radius 1 is 1.23 bits per heavy atom. The molecule has 122 valence electrons. The van der Waals surface area contributed by atoms with E-state index in [2.05, 4.69) is 5.10 Å². The van der Waals surface area contributed by atoms with Crippen molar-refractivity contribution in [1.82, 2.24) is 9.61 Å². The van der Waals surface area contributed by atoms with Crippen LogP contribution >= 0.6 is 11.6 Å². The molecule has 2 rings (SSSR count). The van der Waals surface area contributed by atoms with Crippen LogP contribution in [-0.4, -0.2) is 9.61 Å². The summed E-state index contributed by atoms with van der Waals surface area (Å²) < 4.78 is 65.2. The van der Waals surface area contributed by atoms with E-state index in [0.717, 1.165) is 10.6 Å². The second-order valence-electron chi connectivity index (χ2n) is 5.47. The molecule has 0 aliphatic heterocycles. The Morgan fingerprint density at radius 2 is 1.86 bits per heavy atom. The lowest BCUT2D eigenvalue weighted by atomic mass is 10.0. The third kappa shape index (κ3) is 3.34. The number of aryl methyl sites for hydroxylation is 1. The standard InChI is InChI=1S/C14H14ClF5N2/c1-7(2)3-4-8-5-9(13(16)17)12(15)22-10(8)6-11(21-22)14(18,19)20/h5-7,13H,3-4H2,1-2H3. The highest BCUT2D eigenvalue weighted by molar-refractivity contribution is 6.30. The number of hydrogen-bond donors (Lipinski definition) is 0. The maximum absolute atomic E-state index is 13.0. The van der Waals surface area contributed by atoms with Gasteiger partial charge in [0.15, 0.2) is 5.69 Å². The molecule has 0 aliphatic rings. The first kappa shape index (κ1) is 17.0. The van der Waals surface area contributed by atoms with Crippen LogP contribution in [0, 0.1) is 5.92 Å². The third-order valence-electron chi connectivity index (χ3n) is 3.31. The molecule has 0 bridgehead atoms. The molecule has 0 spiro atoms. The zero-order chi connectivity index (χ0) is 16.7. The van der Waals surface area contributed by atoms with Crippen molar-refractivity contribution in [1.29, 1.82) is 0 Å². The van der Waals surface area contributed by atoms with Gasteiger partial charge in [-0.15, -0.1) is 0 Å². The lowest BCUT2D eigenvalue weighted by Crippen LogP contribution is -2.06. The predicted molar refractivity (Wildman–Crippen MR) is 73.3 cm³/mol. The molecule has 2 aromatic rings. The molecule has 0 aliphatic carbocycles. The summed E-state index contributed by atoms with van der Waals surface area (Å²) in [5, 5.41) is 2.85. The number of aromatic nitrogens is 2. The molecule has 2 nitrogen and oxygen atoms in total. The van der Waals surface area contributed by atoms with Crippen LogP contribution < -0.4 is 0 Å². The van der Waals surface area contributed by atoms with Crippen LogP contribution in [-0.2, 0) is 12.6 Å². The second-order valence-corrected chi connectivity index (χ2v) is 5.83. The Bertz CT molecular complexity index is 676. The molecule has 0 atom stereocenters. The van der Waals surface area contributed by atoms with Crippen molar-refractivity contribution in [3.8, 4) is 0 Å². The van der Waals surface area contributed by atoms with E-state index >= 15 is 0 Å². The van der Waals surface area contributed by atoms with E-state index in [-0.39, 0.29) is 11.4 Å². The zero-order valence-electron chi connectivity index (χ0n) is 11.9. The van der Waals surface area contributed by atoms with Gasteiger partial charge in [-0.05, 0) is 36.5 Å². The normalized spacial score (nSPS) is 12.8. The smallest absolute Gasteiger partial charge is 0.221 e. The van der Waals surface area contributed by atoms with Crippen LogP contribution in [0.3, 0.4) is 0 Å². The van der Waals surface area contributed by atoms with Crippen molar-refractivity contribution in [3.05, 3.63) is 34.1 Å². The van der Waals surface area contributed by atoms with Gasteiger partial charge in [0.2, 0.25) is 0 Å². The third-order valence-corrected chi connectivity index (χ3v) is 3.69. The molecular formula is C14H14ClF5N2. The number of rotatable bonds is 4. The van der Waals surface area contributed by atoms with Gasteiger partial charge in [-0.2, -0.15) is 18.3 Å². The molecule has 22 heavy (non-hydrogen) atoms. The number of halogens is 6. The van der Waals surface area contributed by atoms with E-state index in [1.807, 2.05) is 13.8 Å². The van der Waals surface area contributed by atoms with Gasteiger partial charge in [0, 0.05) is 0 Å². The van der Waals surface area contributed by atoms with Gasteiger partial charge in [0.1, 0.15) is 5.15 Å². The van der Waals surface area contributed by atoms with Crippen LogP contribution in [0.5, 0.6) is 0 Å². The predicted octanol–water partition coefficient (Wildman–Crippen LogP) is 5.53. The highest BCUT2D eigenvalue weighted by Crippen LogP contribution is 2.35.